The molecule has 0 fully saturated rings. The van der Waals surface area contributed by atoms with Gasteiger partial charge >= 0.3 is 6.01 Å². The molecule has 0 aliphatic rings. The fraction of sp³-hybridized carbons (Fsp3) is 0.267. The van der Waals surface area contributed by atoms with Gasteiger partial charge < -0.3 is 14.8 Å². The summed E-state index contributed by atoms with van der Waals surface area (Å²) in [6, 6.07) is 5.82. The van der Waals surface area contributed by atoms with E-state index in [1.807, 2.05) is 32.0 Å². The lowest BCUT2D eigenvalue weighted by atomic mass is 10.1. The van der Waals surface area contributed by atoms with Gasteiger partial charge in [0.1, 0.15) is 5.69 Å². The van der Waals surface area contributed by atoms with Crippen LogP contribution in [0.4, 0.5) is 5.69 Å². The van der Waals surface area contributed by atoms with Crippen LogP contribution >= 0.6 is 0 Å². The standard InChI is InChI=1S/C15H17N3O3/c1-9-5-10(2)7-11(6-9)13(19)17-12-8-16-15(21-4)18-14(12)20-3/h5-8H,1-4H3,(H,17,19). The normalized spacial score (nSPS) is 10.1. The van der Waals surface area contributed by atoms with Gasteiger partial charge in [0, 0.05) is 5.56 Å². The van der Waals surface area contributed by atoms with Gasteiger partial charge in [0.15, 0.2) is 0 Å². The van der Waals surface area contributed by atoms with Gasteiger partial charge in [-0.25, -0.2) is 4.98 Å². The molecule has 0 saturated heterocycles. The van der Waals surface area contributed by atoms with Crippen molar-refractivity contribution in [2.45, 2.75) is 13.8 Å². The molecule has 0 spiro atoms. The molecule has 0 saturated carbocycles. The Labute approximate surface area is 123 Å². The van der Waals surface area contributed by atoms with E-state index < -0.39 is 0 Å². The molecule has 6 heteroatoms. The zero-order valence-electron chi connectivity index (χ0n) is 12.4. The minimum absolute atomic E-state index is 0.177. The summed E-state index contributed by atoms with van der Waals surface area (Å²) in [7, 11) is 2.93. The first-order valence-corrected chi connectivity index (χ1v) is 6.38. The summed E-state index contributed by atoms with van der Waals surface area (Å²) in [5.74, 6) is 0.00782. The number of carbonyl (C=O) groups is 1. The van der Waals surface area contributed by atoms with Gasteiger partial charge in [-0.15, -0.1) is 0 Å². The SMILES string of the molecule is COc1ncc(NC(=O)c2cc(C)cc(C)c2)c(OC)n1. The minimum atomic E-state index is -0.242. The van der Waals surface area contributed by atoms with Crippen LogP contribution in [0.2, 0.25) is 0 Å². The maximum absolute atomic E-state index is 12.3. The van der Waals surface area contributed by atoms with Gasteiger partial charge in [-0.3, -0.25) is 4.79 Å². The van der Waals surface area contributed by atoms with E-state index in [-0.39, 0.29) is 17.8 Å². The molecule has 0 aliphatic heterocycles. The number of anilines is 1. The number of nitrogens with zero attached hydrogens (tertiary/aromatic N) is 2. The molecular formula is C15H17N3O3. The Bertz CT molecular complexity index is 651. The molecule has 0 aliphatic carbocycles. The summed E-state index contributed by atoms with van der Waals surface area (Å²) in [6.07, 6.45) is 1.45. The average molecular weight is 287 g/mol. The molecule has 110 valence electrons. The third-order valence-electron chi connectivity index (χ3n) is 2.84. The van der Waals surface area contributed by atoms with E-state index in [4.69, 9.17) is 9.47 Å². The smallest absolute Gasteiger partial charge is 0.319 e. The molecule has 0 radical (unpaired) electrons. The maximum atomic E-state index is 12.3. The third-order valence-corrected chi connectivity index (χ3v) is 2.84. The predicted octanol–water partition coefficient (Wildman–Crippen LogP) is 2.36. The van der Waals surface area contributed by atoms with Crippen molar-refractivity contribution < 1.29 is 14.3 Å². The molecule has 2 rings (SSSR count). The van der Waals surface area contributed by atoms with Crippen molar-refractivity contribution in [1.82, 2.24) is 9.97 Å². The van der Waals surface area contributed by atoms with E-state index in [1.165, 1.54) is 20.4 Å². The highest BCUT2D eigenvalue weighted by atomic mass is 16.5. The summed E-state index contributed by atoms with van der Waals surface area (Å²) in [5.41, 5.74) is 3.02. The van der Waals surface area contributed by atoms with Crippen molar-refractivity contribution in [1.29, 1.82) is 0 Å². The average Bonchev–Trinajstić information content (AvgIpc) is 2.46. The Morgan fingerprint density at radius 2 is 1.76 bits per heavy atom. The number of hydrogen-bond acceptors (Lipinski definition) is 5. The van der Waals surface area contributed by atoms with E-state index in [2.05, 4.69) is 15.3 Å². The topological polar surface area (TPSA) is 73.3 Å². The highest BCUT2D eigenvalue weighted by molar-refractivity contribution is 6.05. The van der Waals surface area contributed by atoms with Crippen molar-refractivity contribution in [3.8, 4) is 11.9 Å². The number of hydrogen-bond donors (Lipinski definition) is 1. The number of aromatic nitrogens is 2. The third kappa shape index (κ3) is 3.47. The van der Waals surface area contributed by atoms with Crippen LogP contribution in [-0.4, -0.2) is 30.1 Å². The highest BCUT2D eigenvalue weighted by Crippen LogP contribution is 2.23. The van der Waals surface area contributed by atoms with Crippen molar-refractivity contribution in [3.63, 3.8) is 0 Å². The lowest BCUT2D eigenvalue weighted by Crippen LogP contribution is -2.14. The Balaban J connectivity index is 2.26. The first-order valence-electron chi connectivity index (χ1n) is 6.38. The highest BCUT2D eigenvalue weighted by Gasteiger charge is 2.13. The van der Waals surface area contributed by atoms with Gasteiger partial charge in [0.2, 0.25) is 5.88 Å². The van der Waals surface area contributed by atoms with Crippen LogP contribution in [0.5, 0.6) is 11.9 Å². The molecule has 21 heavy (non-hydrogen) atoms. The Hall–Kier alpha value is -2.63. The van der Waals surface area contributed by atoms with Gasteiger partial charge in [0.05, 0.1) is 20.4 Å². The fourth-order valence-corrected chi connectivity index (χ4v) is 1.99. The Morgan fingerprint density at radius 3 is 2.33 bits per heavy atom. The number of rotatable bonds is 4. The second kappa shape index (κ2) is 6.21. The minimum Gasteiger partial charge on any atom is -0.479 e. The molecule has 1 N–H and O–H groups in total. The number of amides is 1. The van der Waals surface area contributed by atoms with Crippen LogP contribution in [0.25, 0.3) is 0 Å². The van der Waals surface area contributed by atoms with Crippen LogP contribution in [0.3, 0.4) is 0 Å². The number of benzene rings is 1. The van der Waals surface area contributed by atoms with E-state index in [1.54, 1.807) is 0 Å². The summed E-state index contributed by atoms with van der Waals surface area (Å²) < 4.78 is 10.0. The molecule has 2 aromatic rings. The van der Waals surface area contributed by atoms with Crippen LogP contribution in [0.15, 0.2) is 24.4 Å². The summed E-state index contributed by atoms with van der Waals surface area (Å²) in [4.78, 5) is 20.3. The zero-order chi connectivity index (χ0) is 15.4. The number of nitrogens with one attached hydrogen (secondary N) is 1. The molecule has 6 nitrogen and oxygen atoms in total. The zero-order valence-corrected chi connectivity index (χ0v) is 12.4. The van der Waals surface area contributed by atoms with E-state index in [0.717, 1.165) is 11.1 Å². The van der Waals surface area contributed by atoms with E-state index in [9.17, 15) is 4.79 Å². The van der Waals surface area contributed by atoms with Crippen LogP contribution in [-0.2, 0) is 0 Å². The van der Waals surface area contributed by atoms with Crippen molar-refractivity contribution in [2.75, 3.05) is 19.5 Å². The molecular weight excluding hydrogens is 270 g/mol. The Morgan fingerprint density at radius 1 is 1.10 bits per heavy atom. The van der Waals surface area contributed by atoms with Crippen LogP contribution < -0.4 is 14.8 Å². The van der Waals surface area contributed by atoms with Gasteiger partial charge in [-0.1, -0.05) is 17.2 Å². The molecule has 1 aromatic heterocycles. The number of carbonyl (C=O) groups excluding carboxylic acids is 1. The first-order chi connectivity index (χ1) is 10.0. The van der Waals surface area contributed by atoms with Crippen molar-refractivity contribution in [3.05, 3.63) is 41.1 Å². The Kier molecular flexibility index (Phi) is 4.37. The van der Waals surface area contributed by atoms with Gasteiger partial charge in [0.25, 0.3) is 5.91 Å². The molecule has 1 aromatic carbocycles. The van der Waals surface area contributed by atoms with Gasteiger partial charge in [-0.05, 0) is 26.0 Å². The fourth-order valence-electron chi connectivity index (χ4n) is 1.99. The lowest BCUT2D eigenvalue weighted by molar-refractivity contribution is 0.102. The number of aryl methyl sites for hydroxylation is 2. The second-order valence-corrected chi connectivity index (χ2v) is 4.61. The van der Waals surface area contributed by atoms with Gasteiger partial charge in [-0.2, -0.15) is 4.98 Å². The van der Waals surface area contributed by atoms with Crippen molar-refractivity contribution in [2.24, 2.45) is 0 Å². The molecule has 0 atom stereocenters. The van der Waals surface area contributed by atoms with Crippen molar-refractivity contribution >= 4 is 11.6 Å². The molecule has 1 heterocycles. The number of methoxy groups -OCH3 is 2. The maximum Gasteiger partial charge on any atom is 0.319 e. The second-order valence-electron chi connectivity index (χ2n) is 4.61. The predicted molar refractivity (Wildman–Crippen MR) is 79.0 cm³/mol. The monoisotopic (exact) mass is 287 g/mol. The molecule has 0 unspecified atom stereocenters. The van der Waals surface area contributed by atoms with E-state index in [0.29, 0.717) is 11.3 Å². The van der Waals surface area contributed by atoms with Crippen LogP contribution in [0.1, 0.15) is 21.5 Å². The lowest BCUT2D eigenvalue weighted by Gasteiger charge is -2.10. The summed E-state index contributed by atoms with van der Waals surface area (Å²) >= 11 is 0. The molecule has 0 bridgehead atoms. The summed E-state index contributed by atoms with van der Waals surface area (Å²) in [5, 5.41) is 2.74. The largest absolute Gasteiger partial charge is 0.479 e. The number of ether oxygens (including phenoxy) is 2. The van der Waals surface area contributed by atoms with E-state index >= 15 is 0 Å². The first kappa shape index (κ1) is 14.8. The molecule has 1 amide bonds. The van der Waals surface area contributed by atoms with Crippen LogP contribution in [0, 0.1) is 13.8 Å². The quantitative estimate of drug-likeness (QED) is 0.934. The summed E-state index contributed by atoms with van der Waals surface area (Å²) in [6.45, 7) is 3.89.